The van der Waals surface area contributed by atoms with Crippen LogP contribution in [0.15, 0.2) is 30.3 Å². The summed E-state index contributed by atoms with van der Waals surface area (Å²) in [5.74, 6) is -0.170. The molecule has 1 heterocycles. The number of amides is 1. The lowest BCUT2D eigenvalue weighted by atomic mass is 9.92. The molecule has 1 aliphatic heterocycles. The minimum atomic E-state index is -0.910. The molecule has 0 atom stereocenters. The Morgan fingerprint density at radius 2 is 1.74 bits per heavy atom. The topological polar surface area (TPSA) is 85.3 Å². The van der Waals surface area contributed by atoms with E-state index in [2.05, 4.69) is 0 Å². The number of benzene rings is 1. The summed E-state index contributed by atoms with van der Waals surface area (Å²) >= 11 is 0. The normalized spacial score (nSPS) is 16.1. The van der Waals surface area contributed by atoms with Gasteiger partial charge in [-0.05, 0) is 52.0 Å². The SMILES string of the molecule is CC(C)(C)OC(=O)CCCCCOCC1(O)CCN(C(=O)OCc2ccccc2)CC1. The first kappa shape index (κ1) is 25.1. The molecular weight excluding hydrogens is 398 g/mol. The van der Waals surface area contributed by atoms with Crippen LogP contribution in [-0.4, -0.2) is 59.6 Å². The Balaban J connectivity index is 1.54. The number of carbonyl (C=O) groups is 2. The number of likely N-dealkylation sites (tertiary alicyclic amines) is 1. The lowest BCUT2D eigenvalue weighted by molar-refractivity contribution is -0.154. The van der Waals surface area contributed by atoms with Crippen LogP contribution in [-0.2, 0) is 25.6 Å². The van der Waals surface area contributed by atoms with Crippen LogP contribution in [0.4, 0.5) is 4.79 Å². The molecule has 0 radical (unpaired) electrons. The number of aliphatic hydroxyl groups is 1. The van der Waals surface area contributed by atoms with Crippen LogP contribution < -0.4 is 0 Å². The van der Waals surface area contributed by atoms with E-state index in [9.17, 15) is 14.7 Å². The second kappa shape index (κ2) is 12.1. The highest BCUT2D eigenvalue weighted by molar-refractivity contribution is 5.69. The number of carbonyl (C=O) groups excluding carboxylic acids is 2. The van der Waals surface area contributed by atoms with Crippen LogP contribution in [0.2, 0.25) is 0 Å². The lowest BCUT2D eigenvalue weighted by Gasteiger charge is -2.37. The third-order valence-corrected chi connectivity index (χ3v) is 5.12. The zero-order valence-electron chi connectivity index (χ0n) is 19.1. The Bertz CT molecular complexity index is 677. The van der Waals surface area contributed by atoms with E-state index in [1.54, 1.807) is 4.90 Å². The molecule has 1 amide bonds. The van der Waals surface area contributed by atoms with Gasteiger partial charge in [0.05, 0.1) is 12.2 Å². The zero-order valence-corrected chi connectivity index (χ0v) is 19.1. The fourth-order valence-corrected chi connectivity index (χ4v) is 3.37. The Kier molecular flexibility index (Phi) is 9.78. The Morgan fingerprint density at radius 3 is 2.39 bits per heavy atom. The van der Waals surface area contributed by atoms with Gasteiger partial charge in [-0.2, -0.15) is 0 Å². The molecule has 7 heteroatoms. The number of piperidine rings is 1. The maximum absolute atomic E-state index is 12.2. The van der Waals surface area contributed by atoms with Crippen molar-refractivity contribution in [1.82, 2.24) is 4.90 Å². The van der Waals surface area contributed by atoms with E-state index in [0.717, 1.165) is 24.8 Å². The van der Waals surface area contributed by atoms with Crippen molar-refractivity contribution >= 4 is 12.1 Å². The summed E-state index contributed by atoms with van der Waals surface area (Å²) in [7, 11) is 0. The van der Waals surface area contributed by atoms with E-state index in [0.29, 0.717) is 39.0 Å². The zero-order chi connectivity index (χ0) is 22.7. The molecule has 1 aromatic carbocycles. The van der Waals surface area contributed by atoms with Gasteiger partial charge in [0.25, 0.3) is 0 Å². The molecule has 1 saturated heterocycles. The highest BCUT2D eigenvalue weighted by Gasteiger charge is 2.34. The molecule has 7 nitrogen and oxygen atoms in total. The molecule has 1 fully saturated rings. The van der Waals surface area contributed by atoms with Gasteiger partial charge in [-0.3, -0.25) is 4.79 Å². The minimum Gasteiger partial charge on any atom is -0.460 e. The molecule has 2 rings (SSSR count). The first-order chi connectivity index (χ1) is 14.7. The van der Waals surface area contributed by atoms with Crippen LogP contribution in [0.1, 0.15) is 64.9 Å². The largest absolute Gasteiger partial charge is 0.460 e. The minimum absolute atomic E-state index is 0.170. The standard InChI is InChI=1S/C24H37NO6/c1-23(2,3)31-21(26)12-8-5-9-17-29-19-24(28)13-15-25(16-14-24)22(27)30-18-20-10-6-4-7-11-20/h4,6-7,10-11,28H,5,8-9,12-19H2,1-3H3. The van der Waals surface area contributed by atoms with E-state index in [1.165, 1.54) is 0 Å². The summed E-state index contributed by atoms with van der Waals surface area (Å²) < 4.78 is 16.3. The molecule has 1 N–H and O–H groups in total. The van der Waals surface area contributed by atoms with Gasteiger partial charge >= 0.3 is 12.1 Å². The van der Waals surface area contributed by atoms with E-state index in [-0.39, 0.29) is 25.3 Å². The summed E-state index contributed by atoms with van der Waals surface area (Å²) in [5, 5.41) is 10.7. The molecular formula is C24H37NO6. The number of hydrogen-bond acceptors (Lipinski definition) is 6. The fraction of sp³-hybridized carbons (Fsp3) is 0.667. The number of hydrogen-bond donors (Lipinski definition) is 1. The lowest BCUT2D eigenvalue weighted by Crippen LogP contribution is -2.49. The summed E-state index contributed by atoms with van der Waals surface area (Å²) in [6.45, 7) is 7.53. The first-order valence-electron chi connectivity index (χ1n) is 11.1. The maximum Gasteiger partial charge on any atom is 0.410 e. The van der Waals surface area contributed by atoms with E-state index in [1.807, 2.05) is 51.1 Å². The quantitative estimate of drug-likeness (QED) is 0.440. The number of unbranched alkanes of at least 4 members (excludes halogenated alkanes) is 2. The van der Waals surface area contributed by atoms with Gasteiger partial charge in [0.15, 0.2) is 0 Å². The van der Waals surface area contributed by atoms with Crippen molar-refractivity contribution in [2.24, 2.45) is 0 Å². The number of esters is 1. The van der Waals surface area contributed by atoms with Crippen molar-refractivity contribution in [3.05, 3.63) is 35.9 Å². The molecule has 0 aliphatic carbocycles. The molecule has 174 valence electrons. The van der Waals surface area contributed by atoms with Gasteiger partial charge in [-0.25, -0.2) is 4.79 Å². The second-order valence-corrected chi connectivity index (χ2v) is 9.20. The Labute approximate surface area is 185 Å². The van der Waals surface area contributed by atoms with Crippen LogP contribution in [0.5, 0.6) is 0 Å². The predicted molar refractivity (Wildman–Crippen MR) is 118 cm³/mol. The highest BCUT2D eigenvalue weighted by Crippen LogP contribution is 2.23. The van der Waals surface area contributed by atoms with E-state index < -0.39 is 11.2 Å². The van der Waals surface area contributed by atoms with E-state index >= 15 is 0 Å². The molecule has 31 heavy (non-hydrogen) atoms. The molecule has 0 aromatic heterocycles. The summed E-state index contributed by atoms with van der Waals surface area (Å²) in [4.78, 5) is 25.5. The van der Waals surface area contributed by atoms with Crippen molar-refractivity contribution in [1.29, 1.82) is 0 Å². The Hall–Kier alpha value is -2.12. The van der Waals surface area contributed by atoms with Gasteiger partial charge in [0.2, 0.25) is 0 Å². The molecule has 0 bridgehead atoms. The van der Waals surface area contributed by atoms with E-state index in [4.69, 9.17) is 14.2 Å². The summed E-state index contributed by atoms with van der Waals surface area (Å²) in [6.07, 6.45) is 3.46. The number of nitrogens with zero attached hydrogens (tertiary/aromatic N) is 1. The van der Waals surface area contributed by atoms with Gasteiger partial charge in [0, 0.05) is 26.1 Å². The fourth-order valence-electron chi connectivity index (χ4n) is 3.37. The first-order valence-corrected chi connectivity index (χ1v) is 11.1. The van der Waals surface area contributed by atoms with Gasteiger partial charge in [-0.1, -0.05) is 36.8 Å². The van der Waals surface area contributed by atoms with Crippen molar-refractivity contribution in [3.8, 4) is 0 Å². The third-order valence-electron chi connectivity index (χ3n) is 5.12. The van der Waals surface area contributed by atoms with Gasteiger partial charge in [-0.15, -0.1) is 0 Å². The van der Waals surface area contributed by atoms with Crippen LogP contribution in [0.3, 0.4) is 0 Å². The van der Waals surface area contributed by atoms with Crippen LogP contribution in [0, 0.1) is 0 Å². The third kappa shape index (κ3) is 10.2. The van der Waals surface area contributed by atoms with Crippen LogP contribution >= 0.6 is 0 Å². The van der Waals surface area contributed by atoms with Crippen molar-refractivity contribution < 1.29 is 28.9 Å². The second-order valence-electron chi connectivity index (χ2n) is 9.20. The molecule has 0 spiro atoms. The maximum atomic E-state index is 12.2. The monoisotopic (exact) mass is 435 g/mol. The highest BCUT2D eigenvalue weighted by atomic mass is 16.6. The van der Waals surface area contributed by atoms with Crippen molar-refractivity contribution in [2.75, 3.05) is 26.3 Å². The van der Waals surface area contributed by atoms with Gasteiger partial charge in [0.1, 0.15) is 12.2 Å². The predicted octanol–water partition coefficient (Wildman–Crippen LogP) is 4.07. The van der Waals surface area contributed by atoms with Crippen molar-refractivity contribution in [2.45, 2.75) is 77.1 Å². The average molecular weight is 436 g/mol. The molecule has 1 aliphatic rings. The summed E-state index contributed by atoms with van der Waals surface area (Å²) in [6, 6.07) is 9.56. The smallest absolute Gasteiger partial charge is 0.410 e. The molecule has 0 saturated carbocycles. The Morgan fingerprint density at radius 1 is 1.06 bits per heavy atom. The van der Waals surface area contributed by atoms with Crippen LogP contribution in [0.25, 0.3) is 0 Å². The average Bonchev–Trinajstić information content (AvgIpc) is 2.71. The molecule has 0 unspecified atom stereocenters. The van der Waals surface area contributed by atoms with Gasteiger partial charge < -0.3 is 24.2 Å². The molecule has 1 aromatic rings. The summed E-state index contributed by atoms with van der Waals surface area (Å²) in [5.41, 5.74) is -0.403. The van der Waals surface area contributed by atoms with Crippen molar-refractivity contribution in [3.63, 3.8) is 0 Å². The number of ether oxygens (including phenoxy) is 3. The number of rotatable bonds is 10.